The molecule has 0 unspecified atom stereocenters. The maximum Gasteiger partial charge on any atom is 0.325 e. The maximum atomic E-state index is 11.6. The standard InChI is InChI=1S/C14H15ClN2O2/c15-9-3-4-12-10(7-9)11(8-16-12)13(14(18)19)17-5-1-2-6-17/h3-4,7-8,13,16H,1-2,5-6H2,(H,18,19)/t13-/m1/s1. The van der Waals surface area contributed by atoms with Crippen LogP contribution in [0.5, 0.6) is 0 Å². The Morgan fingerprint density at radius 1 is 1.37 bits per heavy atom. The molecule has 0 bridgehead atoms. The van der Waals surface area contributed by atoms with E-state index in [9.17, 15) is 9.90 Å². The van der Waals surface area contributed by atoms with Crippen LogP contribution in [0, 0.1) is 0 Å². The minimum atomic E-state index is -0.803. The van der Waals surface area contributed by atoms with Gasteiger partial charge in [0.25, 0.3) is 0 Å². The van der Waals surface area contributed by atoms with Crippen molar-refractivity contribution in [2.24, 2.45) is 0 Å². The van der Waals surface area contributed by atoms with E-state index in [2.05, 4.69) is 4.98 Å². The van der Waals surface area contributed by atoms with Gasteiger partial charge in [0.2, 0.25) is 0 Å². The fourth-order valence-electron chi connectivity index (χ4n) is 2.83. The highest BCUT2D eigenvalue weighted by Crippen LogP contribution is 2.32. The Morgan fingerprint density at radius 2 is 2.11 bits per heavy atom. The number of carboxylic acids is 1. The molecule has 2 aromatic rings. The number of hydrogen-bond donors (Lipinski definition) is 2. The molecule has 1 atom stereocenters. The number of nitrogens with one attached hydrogen (secondary N) is 1. The summed E-state index contributed by atoms with van der Waals surface area (Å²) in [6.07, 6.45) is 3.91. The molecule has 3 rings (SSSR count). The van der Waals surface area contributed by atoms with Gasteiger partial charge in [0, 0.05) is 27.7 Å². The summed E-state index contributed by atoms with van der Waals surface area (Å²) in [5, 5.41) is 11.1. The van der Waals surface area contributed by atoms with Gasteiger partial charge >= 0.3 is 5.97 Å². The number of benzene rings is 1. The second kappa shape index (κ2) is 4.87. The minimum Gasteiger partial charge on any atom is -0.480 e. The van der Waals surface area contributed by atoms with Crippen LogP contribution in [-0.4, -0.2) is 34.0 Å². The number of aliphatic carboxylic acids is 1. The van der Waals surface area contributed by atoms with Crippen LogP contribution < -0.4 is 0 Å². The van der Waals surface area contributed by atoms with Gasteiger partial charge in [-0.1, -0.05) is 11.6 Å². The third-order valence-electron chi connectivity index (χ3n) is 3.71. The highest BCUT2D eigenvalue weighted by Gasteiger charge is 2.31. The highest BCUT2D eigenvalue weighted by molar-refractivity contribution is 6.31. The van der Waals surface area contributed by atoms with Gasteiger partial charge in [0.1, 0.15) is 6.04 Å². The van der Waals surface area contributed by atoms with Crippen molar-refractivity contribution in [2.75, 3.05) is 13.1 Å². The van der Waals surface area contributed by atoms with Crippen molar-refractivity contribution in [3.63, 3.8) is 0 Å². The third kappa shape index (κ3) is 2.22. The average Bonchev–Trinajstić information content (AvgIpc) is 3.00. The summed E-state index contributed by atoms with van der Waals surface area (Å²) in [5.41, 5.74) is 1.72. The van der Waals surface area contributed by atoms with Gasteiger partial charge < -0.3 is 10.1 Å². The van der Waals surface area contributed by atoms with Crippen molar-refractivity contribution < 1.29 is 9.90 Å². The molecule has 1 fully saturated rings. The van der Waals surface area contributed by atoms with E-state index < -0.39 is 12.0 Å². The normalized spacial score (nSPS) is 17.9. The van der Waals surface area contributed by atoms with Gasteiger partial charge in [-0.3, -0.25) is 9.69 Å². The summed E-state index contributed by atoms with van der Waals surface area (Å²) in [6, 6.07) is 4.92. The van der Waals surface area contributed by atoms with Crippen LogP contribution in [0.4, 0.5) is 0 Å². The molecule has 1 aromatic carbocycles. The van der Waals surface area contributed by atoms with Crippen LogP contribution in [0.25, 0.3) is 10.9 Å². The van der Waals surface area contributed by atoms with Gasteiger partial charge in [-0.05, 0) is 44.1 Å². The van der Waals surface area contributed by atoms with Crippen molar-refractivity contribution in [2.45, 2.75) is 18.9 Å². The van der Waals surface area contributed by atoms with Crippen LogP contribution in [-0.2, 0) is 4.79 Å². The summed E-state index contributed by atoms with van der Waals surface area (Å²) in [7, 11) is 0. The van der Waals surface area contributed by atoms with Crippen LogP contribution in [0.1, 0.15) is 24.4 Å². The first-order valence-electron chi connectivity index (χ1n) is 6.40. The first-order chi connectivity index (χ1) is 9.16. The molecule has 4 nitrogen and oxygen atoms in total. The zero-order valence-electron chi connectivity index (χ0n) is 10.4. The van der Waals surface area contributed by atoms with E-state index in [0.29, 0.717) is 5.02 Å². The second-order valence-electron chi connectivity index (χ2n) is 4.92. The number of nitrogens with zero attached hydrogens (tertiary/aromatic N) is 1. The summed E-state index contributed by atoms with van der Waals surface area (Å²) in [4.78, 5) is 16.8. The van der Waals surface area contributed by atoms with E-state index in [1.165, 1.54) is 0 Å². The molecular weight excluding hydrogens is 264 g/mol. The molecule has 100 valence electrons. The molecule has 0 spiro atoms. The highest BCUT2D eigenvalue weighted by atomic mass is 35.5. The fourth-order valence-corrected chi connectivity index (χ4v) is 3.00. The van der Waals surface area contributed by atoms with Crippen LogP contribution in [0.15, 0.2) is 24.4 Å². The van der Waals surface area contributed by atoms with Gasteiger partial charge in [-0.2, -0.15) is 0 Å². The van der Waals surface area contributed by atoms with Crippen molar-refractivity contribution >= 4 is 28.5 Å². The summed E-state index contributed by atoms with van der Waals surface area (Å²) in [5.74, 6) is -0.803. The molecule has 2 heterocycles. The molecule has 1 aliphatic rings. The summed E-state index contributed by atoms with van der Waals surface area (Å²) < 4.78 is 0. The first kappa shape index (κ1) is 12.5. The average molecular weight is 279 g/mol. The number of aromatic nitrogens is 1. The monoisotopic (exact) mass is 278 g/mol. The Morgan fingerprint density at radius 3 is 2.79 bits per heavy atom. The molecule has 0 aliphatic carbocycles. The SMILES string of the molecule is O=C(O)[C@@H](c1c[nH]c2ccc(Cl)cc12)N1CCCC1. The predicted octanol–water partition coefficient (Wildman–Crippen LogP) is 3.04. The summed E-state index contributed by atoms with van der Waals surface area (Å²) >= 11 is 6.02. The smallest absolute Gasteiger partial charge is 0.325 e. The third-order valence-corrected chi connectivity index (χ3v) is 3.95. The number of carboxylic acid groups (broad SMARTS) is 1. The Balaban J connectivity index is 2.09. The molecule has 0 amide bonds. The molecule has 0 radical (unpaired) electrons. The largest absolute Gasteiger partial charge is 0.480 e. The number of hydrogen-bond acceptors (Lipinski definition) is 2. The van der Waals surface area contributed by atoms with E-state index in [0.717, 1.165) is 42.4 Å². The molecule has 1 saturated heterocycles. The van der Waals surface area contributed by atoms with E-state index in [1.807, 2.05) is 17.0 Å². The molecule has 0 saturated carbocycles. The Bertz CT molecular complexity index is 617. The van der Waals surface area contributed by atoms with Crippen molar-refractivity contribution in [1.82, 2.24) is 9.88 Å². The van der Waals surface area contributed by atoms with Crippen molar-refractivity contribution in [3.8, 4) is 0 Å². The number of rotatable bonds is 3. The predicted molar refractivity (Wildman–Crippen MR) is 74.5 cm³/mol. The first-order valence-corrected chi connectivity index (χ1v) is 6.78. The van der Waals surface area contributed by atoms with E-state index in [-0.39, 0.29) is 0 Å². The Hall–Kier alpha value is -1.52. The number of fused-ring (bicyclic) bond motifs is 1. The lowest BCUT2D eigenvalue weighted by Gasteiger charge is -2.23. The molecule has 1 aromatic heterocycles. The lowest BCUT2D eigenvalue weighted by Crippen LogP contribution is -2.31. The van der Waals surface area contributed by atoms with Crippen molar-refractivity contribution in [3.05, 3.63) is 35.0 Å². The number of likely N-dealkylation sites (tertiary alicyclic amines) is 1. The number of H-pyrrole nitrogens is 1. The molecule has 5 heteroatoms. The quantitative estimate of drug-likeness (QED) is 0.907. The van der Waals surface area contributed by atoms with E-state index in [4.69, 9.17) is 11.6 Å². The number of aromatic amines is 1. The van der Waals surface area contributed by atoms with E-state index in [1.54, 1.807) is 12.3 Å². The fraction of sp³-hybridized carbons (Fsp3) is 0.357. The number of halogens is 1. The maximum absolute atomic E-state index is 11.6. The second-order valence-corrected chi connectivity index (χ2v) is 5.35. The van der Waals surface area contributed by atoms with Gasteiger partial charge in [-0.25, -0.2) is 0 Å². The summed E-state index contributed by atoms with van der Waals surface area (Å²) in [6.45, 7) is 1.68. The van der Waals surface area contributed by atoms with Gasteiger partial charge in [0.05, 0.1) is 0 Å². The topological polar surface area (TPSA) is 56.3 Å². The van der Waals surface area contributed by atoms with Crippen LogP contribution in [0.3, 0.4) is 0 Å². The van der Waals surface area contributed by atoms with Crippen LogP contribution >= 0.6 is 11.6 Å². The lowest BCUT2D eigenvalue weighted by atomic mass is 10.0. The molecular formula is C14H15ClN2O2. The zero-order valence-corrected chi connectivity index (χ0v) is 11.2. The van der Waals surface area contributed by atoms with Crippen LogP contribution in [0.2, 0.25) is 5.02 Å². The van der Waals surface area contributed by atoms with Gasteiger partial charge in [0.15, 0.2) is 0 Å². The Labute approximate surface area is 116 Å². The van der Waals surface area contributed by atoms with E-state index >= 15 is 0 Å². The van der Waals surface area contributed by atoms with Crippen molar-refractivity contribution in [1.29, 1.82) is 0 Å². The van der Waals surface area contributed by atoms with Gasteiger partial charge in [-0.15, -0.1) is 0 Å². The molecule has 19 heavy (non-hydrogen) atoms. The Kier molecular flexibility index (Phi) is 3.21. The molecule has 1 aliphatic heterocycles. The molecule has 2 N–H and O–H groups in total. The number of carbonyl (C=O) groups is 1. The minimum absolute atomic E-state index is 0.588. The zero-order chi connectivity index (χ0) is 13.4. The lowest BCUT2D eigenvalue weighted by molar-refractivity contribution is -0.143.